The summed E-state index contributed by atoms with van der Waals surface area (Å²) in [5.41, 5.74) is 7.93. The average molecular weight is 468 g/mol. The van der Waals surface area contributed by atoms with Crippen LogP contribution >= 0.6 is 0 Å². The van der Waals surface area contributed by atoms with E-state index in [1.54, 1.807) is 0 Å². The highest BCUT2D eigenvalue weighted by atomic mass is 16.8. The van der Waals surface area contributed by atoms with Crippen LogP contribution in [0.1, 0.15) is 51.3 Å². The molecule has 4 atom stereocenters. The van der Waals surface area contributed by atoms with E-state index in [1.807, 2.05) is 30.5 Å². The molecule has 0 unspecified atom stereocenters. The summed E-state index contributed by atoms with van der Waals surface area (Å²) in [5.74, 6) is -0.222. The molecule has 0 amide bonds. The Morgan fingerprint density at radius 3 is 2.74 bits per heavy atom. The molecule has 4 aliphatic rings. The van der Waals surface area contributed by atoms with Gasteiger partial charge in [0, 0.05) is 25.2 Å². The number of hydrogen-bond donors (Lipinski definition) is 1. The highest BCUT2D eigenvalue weighted by Gasteiger charge is 2.57. The molecule has 0 aromatic carbocycles. The van der Waals surface area contributed by atoms with Crippen LogP contribution in [0.15, 0.2) is 18.5 Å². The predicted molar refractivity (Wildman–Crippen MR) is 124 cm³/mol. The van der Waals surface area contributed by atoms with Crippen LogP contribution in [-0.2, 0) is 14.2 Å². The molecule has 0 saturated carbocycles. The van der Waals surface area contributed by atoms with Crippen molar-refractivity contribution in [3.05, 3.63) is 24.2 Å². The van der Waals surface area contributed by atoms with Crippen molar-refractivity contribution in [1.29, 1.82) is 5.26 Å². The number of hydrogen-bond acceptors (Lipinski definition) is 9. The third kappa shape index (κ3) is 3.58. The van der Waals surface area contributed by atoms with E-state index < -0.39 is 5.79 Å². The van der Waals surface area contributed by atoms with Gasteiger partial charge in [0.2, 0.25) is 0 Å². The van der Waals surface area contributed by atoms with Gasteiger partial charge in [-0.05, 0) is 58.2 Å². The Hall–Kier alpha value is -2.29. The first-order valence-electron chi connectivity index (χ1n) is 12.3. The van der Waals surface area contributed by atoms with Crippen molar-refractivity contribution in [1.82, 2.24) is 24.4 Å². The van der Waals surface area contributed by atoms with E-state index in [9.17, 15) is 0 Å². The SMILES string of the molecule is CC1(C)O[C@@H]2[C@H](O1)[C@@H](CN1CCCC13CCN(CC#N)CC3)O[C@H]2c1ccc2c(N)ncnn12. The molecule has 1 spiro atoms. The second-order valence-electron chi connectivity index (χ2n) is 10.6. The number of aromatic nitrogens is 3. The first-order chi connectivity index (χ1) is 16.4. The van der Waals surface area contributed by atoms with E-state index >= 15 is 0 Å². The smallest absolute Gasteiger partial charge is 0.164 e. The number of rotatable bonds is 4. The summed E-state index contributed by atoms with van der Waals surface area (Å²) in [7, 11) is 0. The van der Waals surface area contributed by atoms with E-state index in [0.717, 1.165) is 50.2 Å². The fourth-order valence-corrected chi connectivity index (χ4v) is 6.55. The predicted octanol–water partition coefficient (Wildman–Crippen LogP) is 1.73. The van der Waals surface area contributed by atoms with Gasteiger partial charge in [0.25, 0.3) is 0 Å². The van der Waals surface area contributed by atoms with Gasteiger partial charge in [-0.3, -0.25) is 9.80 Å². The minimum absolute atomic E-state index is 0.103. The average Bonchev–Trinajstić information content (AvgIpc) is 3.54. The Kier molecular flexibility index (Phi) is 5.31. The van der Waals surface area contributed by atoms with Crippen molar-refractivity contribution in [2.75, 3.05) is 38.5 Å². The minimum atomic E-state index is -0.665. The van der Waals surface area contributed by atoms with Crippen LogP contribution in [0.4, 0.5) is 5.82 Å². The normalized spacial score (nSPS) is 33.0. The van der Waals surface area contributed by atoms with Gasteiger partial charge in [-0.1, -0.05) is 0 Å². The Balaban J connectivity index is 1.25. The third-order valence-corrected chi connectivity index (χ3v) is 8.17. The Bertz CT molecular complexity index is 1100. The lowest BCUT2D eigenvalue weighted by Gasteiger charge is -2.45. The van der Waals surface area contributed by atoms with E-state index in [-0.39, 0.29) is 30.0 Å². The lowest BCUT2D eigenvalue weighted by atomic mass is 9.84. The van der Waals surface area contributed by atoms with E-state index in [0.29, 0.717) is 12.4 Å². The minimum Gasteiger partial charge on any atom is -0.382 e. The first kappa shape index (κ1) is 22.2. The number of likely N-dealkylation sites (tertiary alicyclic amines) is 2. The quantitative estimate of drug-likeness (QED) is 0.671. The summed E-state index contributed by atoms with van der Waals surface area (Å²) < 4.78 is 21.3. The molecule has 2 aromatic rings. The van der Waals surface area contributed by atoms with Crippen molar-refractivity contribution in [3.8, 4) is 6.07 Å². The molecule has 6 rings (SSSR count). The Morgan fingerprint density at radius 1 is 1.15 bits per heavy atom. The Labute approximate surface area is 199 Å². The molecule has 0 aliphatic carbocycles. The van der Waals surface area contributed by atoms with Crippen molar-refractivity contribution < 1.29 is 14.2 Å². The van der Waals surface area contributed by atoms with Crippen molar-refractivity contribution >= 4 is 11.3 Å². The number of nitrogens with zero attached hydrogens (tertiary/aromatic N) is 6. The van der Waals surface area contributed by atoms with E-state index in [2.05, 4.69) is 26.0 Å². The molecule has 2 aromatic heterocycles. The monoisotopic (exact) mass is 467 g/mol. The van der Waals surface area contributed by atoms with Crippen LogP contribution in [0.3, 0.4) is 0 Å². The van der Waals surface area contributed by atoms with Gasteiger partial charge in [-0.2, -0.15) is 10.4 Å². The maximum absolute atomic E-state index is 9.07. The van der Waals surface area contributed by atoms with Crippen molar-refractivity contribution in [2.24, 2.45) is 0 Å². The van der Waals surface area contributed by atoms with Gasteiger partial charge in [-0.15, -0.1) is 0 Å². The number of nitriles is 1. The van der Waals surface area contributed by atoms with Crippen molar-refractivity contribution in [2.45, 2.75) is 75.3 Å². The number of nitrogens with two attached hydrogens (primary N) is 1. The third-order valence-electron chi connectivity index (χ3n) is 8.17. The molecule has 34 heavy (non-hydrogen) atoms. The maximum atomic E-state index is 9.07. The lowest BCUT2D eigenvalue weighted by Crippen LogP contribution is -2.54. The molecule has 0 radical (unpaired) electrons. The summed E-state index contributed by atoms with van der Waals surface area (Å²) >= 11 is 0. The van der Waals surface area contributed by atoms with Gasteiger partial charge < -0.3 is 19.9 Å². The summed E-state index contributed by atoms with van der Waals surface area (Å²) in [6.07, 6.45) is 5.30. The van der Waals surface area contributed by atoms with Gasteiger partial charge >= 0.3 is 0 Å². The topological polar surface area (TPSA) is 114 Å². The fraction of sp³-hybridized carbons (Fsp3) is 0.708. The van der Waals surface area contributed by atoms with Crippen LogP contribution in [-0.4, -0.2) is 86.8 Å². The van der Waals surface area contributed by atoms with Gasteiger partial charge in [-0.25, -0.2) is 9.50 Å². The van der Waals surface area contributed by atoms with Crippen LogP contribution < -0.4 is 5.73 Å². The zero-order chi connectivity index (χ0) is 23.5. The van der Waals surface area contributed by atoms with Gasteiger partial charge in [0.1, 0.15) is 36.3 Å². The summed E-state index contributed by atoms with van der Waals surface area (Å²) in [6, 6.07) is 6.23. The molecular weight excluding hydrogens is 434 g/mol. The molecule has 10 nitrogen and oxygen atoms in total. The molecule has 4 fully saturated rings. The standard InChI is InChI=1S/C24H33N7O3/c1-23(2)33-20-18(14-30-10-3-6-24(30)7-11-29(12-8-24)13-9-25)32-19(21(20)34-23)16-4-5-17-22(26)27-15-28-31(16)17/h4-5,15,18-21H,3,6-8,10-14H2,1-2H3,(H2,26,27,28)/t18-,19+,20-,21+/m1/s1. The van der Waals surface area contributed by atoms with E-state index in [1.165, 1.54) is 19.2 Å². The fourth-order valence-electron chi connectivity index (χ4n) is 6.55. The van der Waals surface area contributed by atoms with Crippen LogP contribution in [0.25, 0.3) is 5.52 Å². The van der Waals surface area contributed by atoms with Crippen molar-refractivity contribution in [3.63, 3.8) is 0 Å². The molecular formula is C24H33N7O3. The highest BCUT2D eigenvalue weighted by Crippen LogP contribution is 2.47. The van der Waals surface area contributed by atoms with Crippen LogP contribution in [0, 0.1) is 11.3 Å². The molecule has 6 heterocycles. The zero-order valence-corrected chi connectivity index (χ0v) is 19.9. The zero-order valence-electron chi connectivity index (χ0n) is 19.9. The largest absolute Gasteiger partial charge is 0.382 e. The Morgan fingerprint density at radius 2 is 1.94 bits per heavy atom. The molecule has 0 bridgehead atoms. The highest BCUT2D eigenvalue weighted by molar-refractivity contribution is 5.65. The van der Waals surface area contributed by atoms with Gasteiger partial charge in [0.15, 0.2) is 11.6 Å². The molecule has 4 saturated heterocycles. The van der Waals surface area contributed by atoms with Gasteiger partial charge in [0.05, 0.1) is 18.3 Å². The lowest BCUT2D eigenvalue weighted by molar-refractivity contribution is -0.191. The molecule has 10 heteroatoms. The molecule has 4 aliphatic heterocycles. The second kappa shape index (κ2) is 8.14. The second-order valence-corrected chi connectivity index (χ2v) is 10.6. The molecule has 182 valence electrons. The summed E-state index contributed by atoms with van der Waals surface area (Å²) in [6.45, 7) is 8.31. The summed E-state index contributed by atoms with van der Waals surface area (Å²) in [5, 5.41) is 13.5. The number of nitrogen functional groups attached to an aromatic ring is 1. The maximum Gasteiger partial charge on any atom is 0.164 e. The van der Waals surface area contributed by atoms with Crippen LogP contribution in [0.5, 0.6) is 0 Å². The van der Waals surface area contributed by atoms with E-state index in [4.69, 9.17) is 25.2 Å². The van der Waals surface area contributed by atoms with Crippen LogP contribution in [0.2, 0.25) is 0 Å². The number of ether oxygens (including phenoxy) is 3. The summed E-state index contributed by atoms with van der Waals surface area (Å²) in [4.78, 5) is 9.00. The molecule has 2 N–H and O–H groups in total. The number of fused-ring (bicyclic) bond motifs is 2. The number of anilines is 1. The number of piperidine rings is 1. The first-order valence-corrected chi connectivity index (χ1v) is 12.3.